The van der Waals surface area contributed by atoms with E-state index in [0.717, 1.165) is 30.5 Å². The van der Waals surface area contributed by atoms with Crippen LogP contribution in [0.2, 0.25) is 0 Å². The largest absolute Gasteiger partial charge is 0.435 e. The van der Waals surface area contributed by atoms with Crippen molar-refractivity contribution in [2.75, 3.05) is 0 Å². The third-order valence-electron chi connectivity index (χ3n) is 5.99. The fourth-order valence-corrected chi connectivity index (χ4v) is 4.78. The Morgan fingerprint density at radius 3 is 2.46 bits per heavy atom. The van der Waals surface area contributed by atoms with Gasteiger partial charge in [-0.3, -0.25) is 0 Å². The topological polar surface area (TPSA) is 26.3 Å². The summed E-state index contributed by atoms with van der Waals surface area (Å²) in [5.74, 6) is 3.11. The normalized spacial score (nSPS) is 30.0. The highest BCUT2D eigenvalue weighted by atomic mass is 19.3. The van der Waals surface area contributed by atoms with Gasteiger partial charge in [0.2, 0.25) is 0 Å². The summed E-state index contributed by atoms with van der Waals surface area (Å²) in [4.78, 5) is 10.6. The number of fused-ring (bicyclic) bond motifs is 1. The third-order valence-corrected chi connectivity index (χ3v) is 5.99. The number of ether oxygens (including phenoxy) is 1. The standard InChI is InChI=1S/C20H26F2O2/c21-20(22)24-19-9-7-15(8-10-19)17-6-5-16-12-14(2-1-11-23)3-4-18(16)13-17/h7-11,14,16-18,20H,1-6,12-13H2. The molecule has 132 valence electrons. The molecule has 3 rings (SSSR count). The van der Waals surface area contributed by atoms with Crippen LogP contribution in [0.5, 0.6) is 5.75 Å². The molecule has 2 nitrogen and oxygen atoms in total. The second-order valence-corrected chi connectivity index (χ2v) is 7.40. The van der Waals surface area contributed by atoms with E-state index in [9.17, 15) is 13.6 Å². The van der Waals surface area contributed by atoms with Gasteiger partial charge in [0, 0.05) is 6.42 Å². The van der Waals surface area contributed by atoms with E-state index >= 15 is 0 Å². The Balaban J connectivity index is 1.55. The number of hydrogen-bond acceptors (Lipinski definition) is 2. The summed E-state index contributed by atoms with van der Waals surface area (Å²) in [6.07, 6.45) is 10.3. The van der Waals surface area contributed by atoms with Crippen molar-refractivity contribution in [1.82, 2.24) is 0 Å². The average Bonchev–Trinajstić information content (AvgIpc) is 2.59. The molecule has 4 atom stereocenters. The maximum absolute atomic E-state index is 12.2. The van der Waals surface area contributed by atoms with Gasteiger partial charge in [0.05, 0.1) is 0 Å². The molecule has 24 heavy (non-hydrogen) atoms. The Morgan fingerprint density at radius 2 is 1.75 bits per heavy atom. The molecule has 0 amide bonds. The Kier molecular flexibility index (Phi) is 5.85. The predicted octanol–water partition coefficient (Wildman–Crippen LogP) is 5.57. The van der Waals surface area contributed by atoms with Gasteiger partial charge in [-0.2, -0.15) is 8.78 Å². The number of aldehydes is 1. The number of carbonyl (C=O) groups is 1. The van der Waals surface area contributed by atoms with Gasteiger partial charge in [-0.1, -0.05) is 18.6 Å². The zero-order valence-electron chi connectivity index (χ0n) is 14.0. The summed E-state index contributed by atoms with van der Waals surface area (Å²) < 4.78 is 28.9. The van der Waals surface area contributed by atoms with Crippen LogP contribution in [0.4, 0.5) is 8.78 Å². The molecule has 2 fully saturated rings. The first-order valence-corrected chi connectivity index (χ1v) is 9.14. The Hall–Kier alpha value is -1.45. The lowest BCUT2D eigenvalue weighted by atomic mass is 9.63. The summed E-state index contributed by atoms with van der Waals surface area (Å²) in [7, 11) is 0. The van der Waals surface area contributed by atoms with E-state index in [1.54, 1.807) is 12.1 Å². The SMILES string of the molecule is O=CCCC1CCC2CC(c3ccc(OC(F)F)cc3)CCC2C1. The minimum Gasteiger partial charge on any atom is -0.435 e. The van der Waals surface area contributed by atoms with Crippen LogP contribution < -0.4 is 4.74 Å². The summed E-state index contributed by atoms with van der Waals surface area (Å²) in [5, 5.41) is 0. The van der Waals surface area contributed by atoms with Gasteiger partial charge in [-0.15, -0.1) is 0 Å². The van der Waals surface area contributed by atoms with E-state index in [0.29, 0.717) is 12.3 Å². The molecule has 4 unspecified atom stereocenters. The number of rotatable bonds is 6. The molecule has 0 aliphatic heterocycles. The second-order valence-electron chi connectivity index (χ2n) is 7.40. The van der Waals surface area contributed by atoms with Gasteiger partial charge < -0.3 is 9.53 Å². The maximum atomic E-state index is 12.2. The smallest absolute Gasteiger partial charge is 0.387 e. The van der Waals surface area contributed by atoms with Crippen molar-refractivity contribution >= 4 is 6.29 Å². The summed E-state index contributed by atoms with van der Waals surface area (Å²) in [6.45, 7) is -2.76. The molecule has 4 heteroatoms. The van der Waals surface area contributed by atoms with E-state index < -0.39 is 6.61 Å². The molecule has 0 aromatic heterocycles. The number of alkyl halides is 2. The predicted molar refractivity (Wildman–Crippen MR) is 89.3 cm³/mol. The van der Waals surface area contributed by atoms with Crippen LogP contribution >= 0.6 is 0 Å². The third kappa shape index (κ3) is 4.34. The number of benzene rings is 1. The first kappa shape index (κ1) is 17.4. The maximum Gasteiger partial charge on any atom is 0.387 e. The highest BCUT2D eigenvalue weighted by molar-refractivity contribution is 5.49. The molecule has 2 aliphatic rings. The minimum atomic E-state index is -2.76. The molecule has 0 N–H and O–H groups in total. The number of hydrogen-bond donors (Lipinski definition) is 0. The molecule has 0 radical (unpaired) electrons. The van der Waals surface area contributed by atoms with Gasteiger partial charge in [0.15, 0.2) is 0 Å². The van der Waals surface area contributed by atoms with E-state index in [1.165, 1.54) is 44.1 Å². The van der Waals surface area contributed by atoms with Crippen molar-refractivity contribution < 1.29 is 18.3 Å². The van der Waals surface area contributed by atoms with Crippen LogP contribution in [-0.2, 0) is 4.79 Å². The van der Waals surface area contributed by atoms with Gasteiger partial charge in [0.1, 0.15) is 12.0 Å². The van der Waals surface area contributed by atoms with Crippen molar-refractivity contribution in [2.45, 2.75) is 63.9 Å². The van der Waals surface area contributed by atoms with Crippen LogP contribution in [0.25, 0.3) is 0 Å². The van der Waals surface area contributed by atoms with Crippen LogP contribution in [0.3, 0.4) is 0 Å². The molecule has 2 saturated carbocycles. The van der Waals surface area contributed by atoms with Gasteiger partial charge in [-0.25, -0.2) is 0 Å². The second kappa shape index (κ2) is 8.09. The molecule has 1 aromatic carbocycles. The van der Waals surface area contributed by atoms with Gasteiger partial charge in [0.25, 0.3) is 0 Å². The molecular weight excluding hydrogens is 310 g/mol. The zero-order chi connectivity index (χ0) is 16.9. The number of halogens is 2. The summed E-state index contributed by atoms with van der Waals surface area (Å²) in [5.41, 5.74) is 1.25. The van der Waals surface area contributed by atoms with Crippen LogP contribution in [0.15, 0.2) is 24.3 Å². The molecule has 0 bridgehead atoms. The van der Waals surface area contributed by atoms with Crippen LogP contribution in [-0.4, -0.2) is 12.9 Å². The van der Waals surface area contributed by atoms with Crippen LogP contribution in [0.1, 0.15) is 62.8 Å². The quantitative estimate of drug-likeness (QED) is 0.635. The van der Waals surface area contributed by atoms with E-state index in [4.69, 9.17) is 0 Å². The zero-order valence-corrected chi connectivity index (χ0v) is 14.0. The van der Waals surface area contributed by atoms with Gasteiger partial charge in [-0.05, 0) is 79.9 Å². The first-order chi connectivity index (χ1) is 11.7. The van der Waals surface area contributed by atoms with Crippen molar-refractivity contribution in [1.29, 1.82) is 0 Å². The fraction of sp³-hybridized carbons (Fsp3) is 0.650. The van der Waals surface area contributed by atoms with Crippen molar-refractivity contribution in [3.63, 3.8) is 0 Å². The van der Waals surface area contributed by atoms with Gasteiger partial charge >= 0.3 is 6.61 Å². The molecule has 1 aromatic rings. The van der Waals surface area contributed by atoms with Crippen molar-refractivity contribution in [3.05, 3.63) is 29.8 Å². The van der Waals surface area contributed by atoms with E-state index in [2.05, 4.69) is 4.74 Å². The van der Waals surface area contributed by atoms with Crippen LogP contribution in [0, 0.1) is 17.8 Å². The highest BCUT2D eigenvalue weighted by Gasteiger charge is 2.35. The summed E-state index contributed by atoms with van der Waals surface area (Å²) >= 11 is 0. The van der Waals surface area contributed by atoms with Crippen molar-refractivity contribution in [3.8, 4) is 5.75 Å². The molecular formula is C20H26F2O2. The summed E-state index contributed by atoms with van der Waals surface area (Å²) in [6, 6.07) is 7.20. The monoisotopic (exact) mass is 336 g/mol. The Bertz CT molecular complexity index is 529. The highest BCUT2D eigenvalue weighted by Crippen LogP contribution is 2.48. The fourth-order valence-electron chi connectivity index (χ4n) is 4.78. The lowest BCUT2D eigenvalue weighted by Gasteiger charge is -2.42. The molecule has 0 spiro atoms. The molecule has 0 heterocycles. The Morgan fingerprint density at radius 1 is 1.04 bits per heavy atom. The average molecular weight is 336 g/mol. The molecule has 0 saturated heterocycles. The minimum absolute atomic E-state index is 0.234. The number of carbonyl (C=O) groups excluding carboxylic acids is 1. The van der Waals surface area contributed by atoms with E-state index in [-0.39, 0.29) is 5.75 Å². The first-order valence-electron chi connectivity index (χ1n) is 9.14. The molecule has 2 aliphatic carbocycles. The van der Waals surface area contributed by atoms with Crippen molar-refractivity contribution in [2.24, 2.45) is 17.8 Å². The van der Waals surface area contributed by atoms with E-state index in [1.807, 2.05) is 12.1 Å². The lowest BCUT2D eigenvalue weighted by Crippen LogP contribution is -2.30. The lowest BCUT2D eigenvalue weighted by molar-refractivity contribution is -0.108. The Labute approximate surface area is 142 Å².